The van der Waals surface area contributed by atoms with E-state index in [2.05, 4.69) is 31.2 Å². The lowest BCUT2D eigenvalue weighted by Gasteiger charge is -2.50. The minimum atomic E-state index is -2.69. The molecule has 3 aliphatic carbocycles. The maximum absolute atomic E-state index is 14.2. The van der Waals surface area contributed by atoms with E-state index in [1.807, 2.05) is 0 Å². The molecule has 12 heteroatoms. The van der Waals surface area contributed by atoms with Crippen molar-refractivity contribution in [1.82, 2.24) is 10.2 Å². The number of aliphatic hydroxyl groups is 3. The monoisotopic (exact) mass is 598 g/mol. The third-order valence-corrected chi connectivity index (χ3v) is 8.49. The van der Waals surface area contributed by atoms with Gasteiger partial charge in [-0.3, -0.25) is 19.3 Å². The van der Waals surface area contributed by atoms with Crippen molar-refractivity contribution in [2.75, 3.05) is 27.2 Å². The number of aromatic hydroxyl groups is 1. The van der Waals surface area contributed by atoms with Crippen LogP contribution < -0.4 is 11.1 Å². The number of carbonyl (C=O) groups is 3. The standard InChI is InChI=1S/C31H42N4O8/c1-8-43-34-14(2)17-10-16(12-33-13-30(3,4)5)24(36)21-18(17)9-15-11-19-23(35(6)7)26(38)22(29(32)41)28(40)31(19,42)27(39)20(15)25(21)37/h10,15,19,23,33,36,38-39,42H,8-9,11-13H2,1-7H3,(H2,32,41)/b34-14+/t15-,19-,23-,31-/m0/s1. The molecule has 0 spiro atoms. The Balaban J connectivity index is 1.93. The number of rotatable bonds is 8. The lowest BCUT2D eigenvalue weighted by Crippen LogP contribution is -2.63. The number of Topliss-reactive ketones (excluding diaryl/α,β-unsaturated/α-hetero) is 2. The van der Waals surface area contributed by atoms with E-state index < -0.39 is 58.0 Å². The number of nitrogens with one attached hydrogen (secondary N) is 1. The van der Waals surface area contributed by atoms with Crippen LogP contribution in [0.1, 0.15) is 68.1 Å². The summed E-state index contributed by atoms with van der Waals surface area (Å²) in [7, 11) is 3.18. The molecule has 234 valence electrons. The highest BCUT2D eigenvalue weighted by Crippen LogP contribution is 2.52. The zero-order chi connectivity index (χ0) is 32.2. The number of likely N-dealkylation sites (N-methyl/N-ethyl adjacent to an activating group) is 1. The predicted octanol–water partition coefficient (Wildman–Crippen LogP) is 2.02. The molecule has 7 N–H and O–H groups in total. The number of ketones is 2. The molecule has 3 aliphatic rings. The third kappa shape index (κ3) is 5.32. The van der Waals surface area contributed by atoms with Crippen molar-refractivity contribution in [3.05, 3.63) is 51.0 Å². The van der Waals surface area contributed by atoms with Crippen LogP contribution in [0, 0.1) is 17.3 Å². The number of amides is 1. The molecule has 0 bridgehead atoms. The number of hydrogen-bond acceptors (Lipinski definition) is 11. The Hall–Kier alpha value is -3.74. The molecular formula is C31H42N4O8. The number of hydrogen-bond donors (Lipinski definition) is 6. The first-order valence-corrected chi connectivity index (χ1v) is 14.4. The lowest BCUT2D eigenvalue weighted by molar-refractivity contribution is -0.148. The number of phenols is 1. The minimum absolute atomic E-state index is 0.00248. The first-order valence-electron chi connectivity index (χ1n) is 14.4. The molecule has 0 aromatic heterocycles. The summed E-state index contributed by atoms with van der Waals surface area (Å²) in [5.41, 5.74) is 3.56. The molecule has 4 atom stereocenters. The molecule has 1 amide bonds. The van der Waals surface area contributed by atoms with E-state index in [1.54, 1.807) is 34.0 Å². The Bertz CT molecular complexity index is 1470. The molecule has 4 rings (SSSR count). The SMILES string of the molecule is CCO/N=C(\C)c1cc(CNCC(C)(C)C)c(O)c2c1C[C@H]1C[C@H]3[C@H](N(C)C)C(O)=C(C(N)=O)C(=O)[C@@]3(O)C(O)=C1C2=O. The maximum atomic E-state index is 14.2. The number of oxime groups is 1. The highest BCUT2D eigenvalue weighted by atomic mass is 16.6. The van der Waals surface area contributed by atoms with Crippen molar-refractivity contribution >= 4 is 23.2 Å². The fourth-order valence-electron chi connectivity index (χ4n) is 6.61. The van der Waals surface area contributed by atoms with Gasteiger partial charge in [0.1, 0.15) is 29.4 Å². The van der Waals surface area contributed by atoms with Crippen molar-refractivity contribution in [1.29, 1.82) is 0 Å². The molecule has 43 heavy (non-hydrogen) atoms. The molecule has 0 saturated heterocycles. The van der Waals surface area contributed by atoms with Gasteiger partial charge in [-0.2, -0.15) is 0 Å². The smallest absolute Gasteiger partial charge is 0.255 e. The van der Waals surface area contributed by atoms with Crippen molar-refractivity contribution in [3.63, 3.8) is 0 Å². The molecular weight excluding hydrogens is 556 g/mol. The van der Waals surface area contributed by atoms with Gasteiger partial charge in [-0.05, 0) is 63.7 Å². The van der Waals surface area contributed by atoms with E-state index in [4.69, 9.17) is 10.6 Å². The van der Waals surface area contributed by atoms with Gasteiger partial charge in [0.15, 0.2) is 11.4 Å². The average molecular weight is 599 g/mol. The normalized spacial score (nSPS) is 26.0. The quantitative estimate of drug-likeness (QED) is 0.146. The van der Waals surface area contributed by atoms with Gasteiger partial charge in [-0.25, -0.2) is 0 Å². The molecule has 1 aromatic carbocycles. The molecule has 12 nitrogen and oxygen atoms in total. The van der Waals surface area contributed by atoms with E-state index in [1.165, 1.54) is 4.90 Å². The van der Waals surface area contributed by atoms with Crippen LogP contribution in [-0.4, -0.2) is 87.4 Å². The lowest BCUT2D eigenvalue weighted by atomic mass is 9.58. The maximum Gasteiger partial charge on any atom is 0.255 e. The number of benzene rings is 1. The second-order valence-corrected chi connectivity index (χ2v) is 13.0. The second-order valence-electron chi connectivity index (χ2n) is 13.0. The number of nitrogens with zero attached hydrogens (tertiary/aromatic N) is 2. The number of carbonyl (C=O) groups excluding carboxylic acids is 3. The highest BCUT2D eigenvalue weighted by Gasteiger charge is 2.63. The fraction of sp³-hybridized carbons (Fsp3) is 0.548. The Morgan fingerprint density at radius 3 is 2.44 bits per heavy atom. The van der Waals surface area contributed by atoms with Gasteiger partial charge in [0.25, 0.3) is 5.91 Å². The second kappa shape index (κ2) is 11.4. The van der Waals surface area contributed by atoms with Crippen LogP contribution in [0.5, 0.6) is 5.75 Å². The Kier molecular flexibility index (Phi) is 8.53. The van der Waals surface area contributed by atoms with E-state index in [0.29, 0.717) is 35.6 Å². The van der Waals surface area contributed by atoms with Crippen LogP contribution >= 0.6 is 0 Å². The molecule has 0 fully saturated rings. The van der Waals surface area contributed by atoms with Crippen molar-refractivity contribution < 1.29 is 39.6 Å². The van der Waals surface area contributed by atoms with Crippen LogP contribution in [0.3, 0.4) is 0 Å². The molecule has 0 saturated carbocycles. The summed E-state index contributed by atoms with van der Waals surface area (Å²) in [6.07, 6.45) is 0.161. The number of phenolic OH excluding ortho intramolecular Hbond substituents is 1. The summed E-state index contributed by atoms with van der Waals surface area (Å²) in [5.74, 6) is -6.86. The number of allylic oxidation sites excluding steroid dienone is 1. The first-order chi connectivity index (χ1) is 20.0. The number of aliphatic hydroxyl groups excluding tert-OH is 2. The summed E-state index contributed by atoms with van der Waals surface area (Å²) in [6.45, 7) is 10.9. The van der Waals surface area contributed by atoms with E-state index in [0.717, 1.165) is 0 Å². The first kappa shape index (κ1) is 32.2. The van der Waals surface area contributed by atoms with Crippen LogP contribution in [-0.2, 0) is 27.4 Å². The van der Waals surface area contributed by atoms with Crippen molar-refractivity contribution in [2.24, 2.45) is 28.1 Å². The van der Waals surface area contributed by atoms with Gasteiger partial charge in [-0.15, -0.1) is 0 Å². The van der Waals surface area contributed by atoms with Crippen LogP contribution in [0.25, 0.3) is 0 Å². The predicted molar refractivity (Wildman–Crippen MR) is 159 cm³/mol. The summed E-state index contributed by atoms with van der Waals surface area (Å²) < 4.78 is 0. The Morgan fingerprint density at radius 1 is 1.23 bits per heavy atom. The van der Waals surface area contributed by atoms with Gasteiger partial charge in [-0.1, -0.05) is 25.9 Å². The fourth-order valence-corrected chi connectivity index (χ4v) is 6.61. The third-order valence-electron chi connectivity index (χ3n) is 8.49. The topological polar surface area (TPSA) is 195 Å². The van der Waals surface area contributed by atoms with Crippen LogP contribution in [0.4, 0.5) is 0 Å². The zero-order valence-electron chi connectivity index (χ0n) is 25.7. The van der Waals surface area contributed by atoms with Gasteiger partial charge in [0, 0.05) is 35.7 Å². The largest absolute Gasteiger partial charge is 0.510 e. The van der Waals surface area contributed by atoms with E-state index in [-0.39, 0.29) is 41.7 Å². The van der Waals surface area contributed by atoms with Crippen molar-refractivity contribution in [3.8, 4) is 5.75 Å². The molecule has 0 unspecified atom stereocenters. The van der Waals surface area contributed by atoms with Gasteiger partial charge >= 0.3 is 0 Å². The summed E-state index contributed by atoms with van der Waals surface area (Å²) in [6, 6.07) is 0.708. The molecule has 0 heterocycles. The van der Waals surface area contributed by atoms with Crippen molar-refractivity contribution in [2.45, 2.75) is 65.6 Å². The van der Waals surface area contributed by atoms with Crippen LogP contribution in [0.15, 0.2) is 33.9 Å². The summed E-state index contributed by atoms with van der Waals surface area (Å²) >= 11 is 0. The number of nitrogens with two attached hydrogens (primary N) is 1. The zero-order valence-corrected chi connectivity index (χ0v) is 25.7. The average Bonchev–Trinajstić information content (AvgIpc) is 2.89. The Morgan fingerprint density at radius 2 is 1.88 bits per heavy atom. The number of fused-ring (bicyclic) bond motifs is 3. The van der Waals surface area contributed by atoms with E-state index in [9.17, 15) is 34.8 Å². The molecule has 1 aromatic rings. The van der Waals surface area contributed by atoms with Gasteiger partial charge in [0.05, 0.1) is 17.3 Å². The summed E-state index contributed by atoms with van der Waals surface area (Å²) in [4.78, 5) is 46.8. The van der Waals surface area contributed by atoms with E-state index >= 15 is 0 Å². The van der Waals surface area contributed by atoms with Gasteiger partial charge in [0.2, 0.25) is 5.78 Å². The minimum Gasteiger partial charge on any atom is -0.510 e. The Labute approximate surface area is 250 Å². The van der Waals surface area contributed by atoms with Gasteiger partial charge < -0.3 is 36.3 Å². The number of primary amides is 1. The highest BCUT2D eigenvalue weighted by molar-refractivity contribution is 6.25. The molecule has 0 radical (unpaired) electrons. The van der Waals surface area contributed by atoms with Crippen LogP contribution in [0.2, 0.25) is 0 Å². The summed E-state index contributed by atoms with van der Waals surface area (Å²) in [5, 5.41) is 53.3. The molecule has 0 aliphatic heterocycles.